The van der Waals surface area contributed by atoms with E-state index in [1.165, 1.54) is 28.4 Å². The minimum Gasteiger partial charge on any atom is -0.428 e. The molecule has 0 spiro atoms. The number of nitrogens with two attached hydrogens (primary N) is 1. The van der Waals surface area contributed by atoms with E-state index < -0.39 is 48.0 Å². The van der Waals surface area contributed by atoms with Crippen LogP contribution in [0.5, 0.6) is 0 Å². The van der Waals surface area contributed by atoms with Crippen molar-refractivity contribution in [3.05, 3.63) is 57.6 Å². The van der Waals surface area contributed by atoms with Crippen LogP contribution in [-0.4, -0.2) is 67.6 Å². The molecule has 2 aliphatic heterocycles. The zero-order chi connectivity index (χ0) is 29.5. The van der Waals surface area contributed by atoms with Crippen molar-refractivity contribution in [3.8, 4) is 0 Å². The van der Waals surface area contributed by atoms with Crippen LogP contribution >= 0.6 is 23.1 Å². The van der Waals surface area contributed by atoms with Crippen molar-refractivity contribution in [2.45, 2.75) is 44.1 Å². The molecular weight excluding hydrogens is 574 g/mol. The van der Waals surface area contributed by atoms with Crippen molar-refractivity contribution in [2.75, 3.05) is 18.3 Å². The number of nitrogens with one attached hydrogen (secondary N) is 1. The number of nitrogen functional groups attached to an aromatic ring is 1. The summed E-state index contributed by atoms with van der Waals surface area (Å²) < 4.78 is 10.4. The van der Waals surface area contributed by atoms with Gasteiger partial charge < -0.3 is 20.5 Å². The molecule has 1 saturated heterocycles. The fourth-order valence-corrected chi connectivity index (χ4v) is 6.10. The molecule has 216 valence electrons. The van der Waals surface area contributed by atoms with Crippen LogP contribution < -0.4 is 11.1 Å². The predicted molar refractivity (Wildman–Crippen MR) is 149 cm³/mol. The summed E-state index contributed by atoms with van der Waals surface area (Å²) in [4.78, 5) is 75.9. The van der Waals surface area contributed by atoms with Gasteiger partial charge in [0.25, 0.3) is 11.8 Å². The number of esters is 2. The molecule has 41 heavy (non-hydrogen) atoms. The number of carbonyl (C=O) groups is 4. The highest BCUT2D eigenvalue weighted by Gasteiger charge is 2.54. The number of nitrogens with zero attached hydrogens (tertiary/aromatic N) is 5. The van der Waals surface area contributed by atoms with Crippen LogP contribution in [0.25, 0.3) is 6.08 Å². The summed E-state index contributed by atoms with van der Waals surface area (Å²) in [5.41, 5.74) is 6.75. The van der Waals surface area contributed by atoms with Gasteiger partial charge in [-0.25, -0.2) is 19.7 Å². The topological polar surface area (TPSA) is 196 Å². The molecule has 1 unspecified atom stereocenters. The minimum atomic E-state index is -1.49. The van der Waals surface area contributed by atoms with E-state index in [1.54, 1.807) is 24.5 Å². The predicted octanol–water partition coefficient (Wildman–Crippen LogP) is 2.17. The quantitative estimate of drug-likeness (QED) is 0.156. The van der Waals surface area contributed by atoms with Gasteiger partial charge in [-0.2, -0.15) is 0 Å². The fraction of sp³-hybridized carbons (Fsp3) is 0.400. The highest BCUT2D eigenvalue weighted by molar-refractivity contribution is 8.00. The van der Waals surface area contributed by atoms with E-state index >= 15 is 0 Å². The van der Waals surface area contributed by atoms with Crippen LogP contribution in [0.3, 0.4) is 0 Å². The van der Waals surface area contributed by atoms with E-state index in [9.17, 15) is 24.1 Å². The van der Waals surface area contributed by atoms with E-state index in [2.05, 4.69) is 25.4 Å². The van der Waals surface area contributed by atoms with Crippen LogP contribution in [0.1, 0.15) is 44.0 Å². The maximum absolute atomic E-state index is 13.3. The van der Waals surface area contributed by atoms with Gasteiger partial charge in [0, 0.05) is 29.1 Å². The van der Waals surface area contributed by atoms with Crippen LogP contribution in [0, 0.1) is 10.8 Å². The summed E-state index contributed by atoms with van der Waals surface area (Å²) in [5, 5.41) is 6.33. The third-order valence-corrected chi connectivity index (χ3v) is 8.42. The molecule has 1 fully saturated rings. The first-order valence-electron chi connectivity index (χ1n) is 12.6. The van der Waals surface area contributed by atoms with Crippen molar-refractivity contribution in [3.63, 3.8) is 0 Å². The standard InChI is InChI=1S/C25H27N7O7S2/c1-3-14(4-2)23(35)38-12-39-24(36)19-15(6-5-13-7-27-11-28-8-13)9-40-22-18(21(34)32(19)22)30-20(33)17(31-37)16-10-41-25(26)29-16/h5-8,10-11,14,17-18,22H,3-4,9,12H2,1-2H3,(H2,26,29)(H,30,33)/t17?,18-,22+/m1/s1. The van der Waals surface area contributed by atoms with Gasteiger partial charge in [0.2, 0.25) is 12.8 Å². The lowest BCUT2D eigenvalue weighted by Crippen LogP contribution is -2.70. The van der Waals surface area contributed by atoms with Crippen molar-refractivity contribution in [1.82, 2.24) is 25.2 Å². The first-order chi connectivity index (χ1) is 19.8. The number of carbonyl (C=O) groups excluding carboxylic acids is 4. The lowest BCUT2D eigenvalue weighted by Gasteiger charge is -2.49. The zero-order valence-corrected chi connectivity index (χ0v) is 23.7. The molecule has 0 aliphatic carbocycles. The Labute approximate surface area is 242 Å². The fourth-order valence-electron chi connectivity index (χ4n) is 4.20. The number of aromatic nitrogens is 3. The number of anilines is 1. The number of hydrogen-bond donors (Lipinski definition) is 2. The normalized spacial score (nSPS) is 19.0. The Balaban J connectivity index is 1.52. The Kier molecular flexibility index (Phi) is 9.78. The molecule has 0 radical (unpaired) electrons. The SMILES string of the molecule is CCC(CC)C(=O)OCOC(=O)C1=C(C=Cc2cncnc2)CS[C@H]2[C@H](NC(=O)C(N=O)c3csc(N)n3)C(=O)N12. The van der Waals surface area contributed by atoms with Gasteiger partial charge in [-0.05, 0) is 23.6 Å². The second-order valence-electron chi connectivity index (χ2n) is 8.92. The smallest absolute Gasteiger partial charge is 0.358 e. The van der Waals surface area contributed by atoms with E-state index in [1.807, 2.05) is 13.8 Å². The number of allylic oxidation sites excluding steroid dienone is 1. The Morgan fingerprint density at radius 2 is 1.95 bits per heavy atom. The number of hydrogen-bond acceptors (Lipinski definition) is 14. The molecule has 0 saturated carbocycles. The first kappa shape index (κ1) is 29.8. The van der Waals surface area contributed by atoms with Crippen molar-refractivity contribution < 1.29 is 28.7 Å². The molecular formula is C25H27N7O7S2. The second-order valence-corrected chi connectivity index (χ2v) is 10.9. The number of nitroso groups, excluding NO2 is 1. The van der Waals surface area contributed by atoms with E-state index in [4.69, 9.17) is 15.2 Å². The third kappa shape index (κ3) is 6.59. The molecule has 4 rings (SSSR count). The summed E-state index contributed by atoms with van der Waals surface area (Å²) in [6.45, 7) is 3.09. The molecule has 2 aromatic heterocycles. The van der Waals surface area contributed by atoms with Crippen molar-refractivity contribution in [1.29, 1.82) is 0 Å². The van der Waals surface area contributed by atoms with E-state index in [0.717, 1.165) is 11.3 Å². The van der Waals surface area contributed by atoms with Crippen LogP contribution in [0.4, 0.5) is 5.13 Å². The third-order valence-electron chi connectivity index (χ3n) is 6.43. The number of fused-ring (bicyclic) bond motifs is 1. The van der Waals surface area contributed by atoms with Crippen LogP contribution in [0.15, 0.2) is 46.6 Å². The summed E-state index contributed by atoms with van der Waals surface area (Å²) in [6.07, 6.45) is 9.02. The number of amides is 2. The molecule has 16 heteroatoms. The summed E-state index contributed by atoms with van der Waals surface area (Å²) in [7, 11) is 0. The molecule has 2 aromatic rings. The van der Waals surface area contributed by atoms with Crippen LogP contribution in [-0.2, 0) is 28.7 Å². The van der Waals surface area contributed by atoms with Gasteiger partial charge in [-0.1, -0.05) is 26.0 Å². The number of ether oxygens (including phenoxy) is 2. The summed E-state index contributed by atoms with van der Waals surface area (Å²) in [6, 6.07) is -2.52. The molecule has 0 bridgehead atoms. The van der Waals surface area contributed by atoms with Gasteiger partial charge in [-0.15, -0.1) is 28.0 Å². The lowest BCUT2D eigenvalue weighted by molar-refractivity contribution is -0.170. The summed E-state index contributed by atoms with van der Waals surface area (Å²) in [5.74, 6) is -2.81. The van der Waals surface area contributed by atoms with Gasteiger partial charge in [-0.3, -0.25) is 19.3 Å². The van der Waals surface area contributed by atoms with Crippen LogP contribution in [0.2, 0.25) is 0 Å². The average Bonchev–Trinajstić information content (AvgIpc) is 3.41. The monoisotopic (exact) mass is 601 g/mol. The van der Waals surface area contributed by atoms with Gasteiger partial charge in [0.15, 0.2) is 5.13 Å². The largest absolute Gasteiger partial charge is 0.428 e. The average molecular weight is 602 g/mol. The number of β-lactam (4-membered cyclic amide) rings is 1. The van der Waals surface area contributed by atoms with E-state index in [-0.39, 0.29) is 28.2 Å². The Morgan fingerprint density at radius 1 is 1.22 bits per heavy atom. The zero-order valence-electron chi connectivity index (χ0n) is 22.1. The number of thiazole rings is 1. The van der Waals surface area contributed by atoms with Gasteiger partial charge in [0.05, 0.1) is 11.6 Å². The maximum atomic E-state index is 13.3. The summed E-state index contributed by atoms with van der Waals surface area (Å²) >= 11 is 2.35. The van der Waals surface area contributed by atoms with Gasteiger partial charge in [0.1, 0.15) is 23.4 Å². The molecule has 3 atom stereocenters. The molecule has 4 heterocycles. The first-order valence-corrected chi connectivity index (χ1v) is 14.5. The van der Waals surface area contributed by atoms with Gasteiger partial charge >= 0.3 is 11.9 Å². The maximum Gasteiger partial charge on any atom is 0.358 e. The Morgan fingerprint density at radius 3 is 2.59 bits per heavy atom. The highest BCUT2D eigenvalue weighted by atomic mass is 32.2. The highest BCUT2D eigenvalue weighted by Crippen LogP contribution is 2.41. The number of rotatable bonds is 12. The van der Waals surface area contributed by atoms with E-state index in [0.29, 0.717) is 24.0 Å². The molecule has 14 nitrogen and oxygen atoms in total. The Hall–Kier alpha value is -4.18. The molecule has 2 aliphatic rings. The number of thioether (sulfide) groups is 1. The molecule has 3 N–H and O–H groups in total. The molecule has 2 amide bonds. The van der Waals surface area contributed by atoms with Crippen molar-refractivity contribution >= 4 is 58.1 Å². The Bertz CT molecular complexity index is 1380. The minimum absolute atomic E-state index is 0.0479. The lowest BCUT2D eigenvalue weighted by atomic mass is 10.0. The van der Waals surface area contributed by atoms with Crippen molar-refractivity contribution in [2.24, 2.45) is 11.1 Å². The second kappa shape index (κ2) is 13.5. The molecule has 0 aromatic carbocycles.